The molecule has 0 saturated heterocycles. The molecule has 0 radical (unpaired) electrons. The van der Waals surface area contributed by atoms with E-state index in [0.717, 1.165) is 11.8 Å². The van der Waals surface area contributed by atoms with E-state index in [0.29, 0.717) is 23.7 Å². The van der Waals surface area contributed by atoms with Crippen LogP contribution in [0.3, 0.4) is 0 Å². The Morgan fingerprint density at radius 1 is 1.16 bits per heavy atom. The maximum atomic E-state index is 12.2. The van der Waals surface area contributed by atoms with Gasteiger partial charge in [0, 0.05) is 6.04 Å². The third kappa shape index (κ3) is 1.86. The first-order chi connectivity index (χ1) is 9.19. The van der Waals surface area contributed by atoms with E-state index in [2.05, 4.69) is 20.5 Å². The fraction of sp³-hybridized carbons (Fsp3) is 0.786. The molecule has 5 rings (SSSR count). The Labute approximate surface area is 112 Å². The van der Waals surface area contributed by atoms with Gasteiger partial charge in [0.15, 0.2) is 0 Å². The maximum Gasteiger partial charge on any atom is 0.291 e. The molecular weight excluding hydrogens is 240 g/mol. The van der Waals surface area contributed by atoms with Crippen LogP contribution in [-0.4, -0.2) is 27.1 Å². The van der Waals surface area contributed by atoms with Crippen molar-refractivity contribution in [3.05, 3.63) is 11.6 Å². The summed E-state index contributed by atoms with van der Waals surface area (Å²) in [7, 11) is 0. The number of hydrogen-bond acceptors (Lipinski definition) is 3. The second-order valence-electron chi connectivity index (χ2n) is 6.67. The zero-order valence-electron chi connectivity index (χ0n) is 11.2. The number of H-pyrrole nitrogens is 1. The Hall–Kier alpha value is -1.39. The highest BCUT2D eigenvalue weighted by Crippen LogP contribution is 2.53. The number of aryl methyl sites for hydroxylation is 1. The van der Waals surface area contributed by atoms with E-state index in [1.807, 2.05) is 6.92 Å². The molecule has 0 aromatic carbocycles. The highest BCUT2D eigenvalue weighted by molar-refractivity contribution is 5.90. The van der Waals surface area contributed by atoms with Crippen LogP contribution in [0.15, 0.2) is 0 Å². The average molecular weight is 260 g/mol. The number of nitrogens with one attached hydrogen (secondary N) is 2. The largest absolute Gasteiger partial charge is 0.346 e. The number of aromatic nitrogens is 3. The summed E-state index contributed by atoms with van der Waals surface area (Å²) in [6.07, 6.45) is 6.68. The Balaban J connectivity index is 1.49. The van der Waals surface area contributed by atoms with Crippen LogP contribution in [0, 0.1) is 30.6 Å². The lowest BCUT2D eigenvalue weighted by atomic mass is 9.54. The van der Waals surface area contributed by atoms with Crippen LogP contribution >= 0.6 is 0 Å². The molecule has 0 spiro atoms. The van der Waals surface area contributed by atoms with Crippen molar-refractivity contribution in [3.8, 4) is 0 Å². The molecule has 1 heterocycles. The van der Waals surface area contributed by atoms with E-state index in [1.165, 1.54) is 32.1 Å². The summed E-state index contributed by atoms with van der Waals surface area (Å²) >= 11 is 0. The number of carbonyl (C=O) groups excluding carboxylic acids is 1. The highest BCUT2D eigenvalue weighted by atomic mass is 16.2. The van der Waals surface area contributed by atoms with Crippen LogP contribution in [-0.2, 0) is 0 Å². The lowest BCUT2D eigenvalue weighted by Crippen LogP contribution is -2.55. The van der Waals surface area contributed by atoms with Crippen molar-refractivity contribution in [2.75, 3.05) is 0 Å². The van der Waals surface area contributed by atoms with Crippen molar-refractivity contribution >= 4 is 5.91 Å². The third-order valence-corrected chi connectivity index (χ3v) is 5.32. The molecule has 19 heavy (non-hydrogen) atoms. The number of aromatic amines is 1. The zero-order valence-corrected chi connectivity index (χ0v) is 11.2. The Bertz CT molecular complexity index is 481. The van der Waals surface area contributed by atoms with Gasteiger partial charge in [-0.15, -0.1) is 5.10 Å². The van der Waals surface area contributed by atoms with E-state index in [9.17, 15) is 4.79 Å². The van der Waals surface area contributed by atoms with Gasteiger partial charge in [-0.2, -0.15) is 0 Å². The van der Waals surface area contributed by atoms with Crippen molar-refractivity contribution in [1.82, 2.24) is 20.5 Å². The minimum absolute atomic E-state index is 0.109. The molecule has 4 saturated carbocycles. The van der Waals surface area contributed by atoms with Gasteiger partial charge >= 0.3 is 0 Å². The molecule has 102 valence electrons. The molecule has 1 amide bonds. The van der Waals surface area contributed by atoms with Crippen molar-refractivity contribution in [2.45, 2.75) is 45.1 Å². The molecular formula is C14H20N4O. The van der Waals surface area contributed by atoms with Gasteiger partial charge in [-0.05, 0) is 62.7 Å². The summed E-state index contributed by atoms with van der Waals surface area (Å²) in [5, 5.41) is 9.89. The molecule has 0 aliphatic heterocycles. The molecule has 1 aromatic heterocycles. The van der Waals surface area contributed by atoms with Crippen LogP contribution in [0.1, 0.15) is 48.5 Å². The van der Waals surface area contributed by atoms with Crippen LogP contribution in [0.5, 0.6) is 0 Å². The minimum Gasteiger partial charge on any atom is -0.346 e. The zero-order chi connectivity index (χ0) is 13.0. The second kappa shape index (κ2) is 4.05. The summed E-state index contributed by atoms with van der Waals surface area (Å²) in [6.45, 7) is 1.81. The molecule has 1 aromatic rings. The predicted molar refractivity (Wildman–Crippen MR) is 69.4 cm³/mol. The lowest BCUT2D eigenvalue weighted by molar-refractivity contribution is -0.0120. The molecule has 0 unspecified atom stereocenters. The van der Waals surface area contributed by atoms with Gasteiger partial charge in [-0.25, -0.2) is 4.98 Å². The predicted octanol–water partition coefficient (Wildman–Crippen LogP) is 1.67. The number of hydrogen-bond donors (Lipinski definition) is 2. The third-order valence-electron chi connectivity index (χ3n) is 5.32. The first-order valence-corrected chi connectivity index (χ1v) is 7.39. The molecule has 4 aliphatic rings. The molecule has 5 nitrogen and oxygen atoms in total. The van der Waals surface area contributed by atoms with Gasteiger partial charge < -0.3 is 5.32 Å². The fourth-order valence-electron chi connectivity index (χ4n) is 4.82. The minimum atomic E-state index is -0.109. The number of amides is 1. The highest BCUT2D eigenvalue weighted by Gasteiger charge is 2.48. The van der Waals surface area contributed by atoms with E-state index in [4.69, 9.17) is 0 Å². The van der Waals surface area contributed by atoms with Gasteiger partial charge in [-0.1, -0.05) is 0 Å². The van der Waals surface area contributed by atoms with Crippen molar-refractivity contribution < 1.29 is 4.79 Å². The monoisotopic (exact) mass is 260 g/mol. The Kier molecular flexibility index (Phi) is 2.44. The summed E-state index contributed by atoms with van der Waals surface area (Å²) in [4.78, 5) is 16.3. The SMILES string of the molecule is Cc1nc(C(=O)NC2C3CC4CC(C3)CC2C4)n[nH]1. The molecule has 4 bridgehead atoms. The molecule has 4 fully saturated rings. The number of rotatable bonds is 2. The van der Waals surface area contributed by atoms with Crippen LogP contribution in [0.2, 0.25) is 0 Å². The lowest BCUT2D eigenvalue weighted by Gasteiger charge is -2.54. The molecule has 5 heteroatoms. The second-order valence-corrected chi connectivity index (χ2v) is 6.67. The number of nitrogens with zero attached hydrogens (tertiary/aromatic N) is 2. The van der Waals surface area contributed by atoms with Crippen molar-refractivity contribution in [2.24, 2.45) is 23.7 Å². The normalized spacial score (nSPS) is 39.5. The summed E-state index contributed by atoms with van der Waals surface area (Å²) in [5.74, 6) is 4.12. The first-order valence-electron chi connectivity index (χ1n) is 7.39. The smallest absolute Gasteiger partial charge is 0.291 e. The summed E-state index contributed by atoms with van der Waals surface area (Å²) in [6, 6.07) is 0.360. The quantitative estimate of drug-likeness (QED) is 0.849. The average Bonchev–Trinajstić information content (AvgIpc) is 2.79. The Morgan fingerprint density at radius 3 is 2.32 bits per heavy atom. The topological polar surface area (TPSA) is 70.7 Å². The van der Waals surface area contributed by atoms with Crippen molar-refractivity contribution in [1.29, 1.82) is 0 Å². The summed E-state index contributed by atoms with van der Waals surface area (Å²) in [5.41, 5.74) is 0. The van der Waals surface area contributed by atoms with Gasteiger partial charge in [0.25, 0.3) is 5.91 Å². The van der Waals surface area contributed by atoms with Gasteiger partial charge in [0.05, 0.1) is 0 Å². The molecule has 4 aliphatic carbocycles. The van der Waals surface area contributed by atoms with Crippen LogP contribution in [0.4, 0.5) is 0 Å². The van der Waals surface area contributed by atoms with E-state index < -0.39 is 0 Å². The Morgan fingerprint density at radius 2 is 1.79 bits per heavy atom. The molecule has 2 N–H and O–H groups in total. The van der Waals surface area contributed by atoms with Crippen LogP contribution < -0.4 is 5.32 Å². The van der Waals surface area contributed by atoms with Gasteiger partial charge in [0.1, 0.15) is 5.82 Å². The van der Waals surface area contributed by atoms with Gasteiger partial charge in [0.2, 0.25) is 5.82 Å². The molecule has 0 atom stereocenters. The summed E-state index contributed by atoms with van der Waals surface area (Å²) < 4.78 is 0. The standard InChI is InChI=1S/C14H20N4O/c1-7-15-13(18-17-7)14(19)16-12-10-3-8-2-9(5-10)6-11(12)4-8/h8-12H,2-6H2,1H3,(H,16,19)(H,15,17,18). The van der Waals surface area contributed by atoms with E-state index in [1.54, 1.807) is 0 Å². The first kappa shape index (κ1) is 11.4. The van der Waals surface area contributed by atoms with Gasteiger partial charge in [-0.3, -0.25) is 9.89 Å². The van der Waals surface area contributed by atoms with Crippen LogP contribution in [0.25, 0.3) is 0 Å². The number of carbonyl (C=O) groups is 1. The van der Waals surface area contributed by atoms with E-state index >= 15 is 0 Å². The fourth-order valence-corrected chi connectivity index (χ4v) is 4.82. The van der Waals surface area contributed by atoms with E-state index in [-0.39, 0.29) is 11.7 Å². The van der Waals surface area contributed by atoms with Crippen molar-refractivity contribution in [3.63, 3.8) is 0 Å². The maximum absolute atomic E-state index is 12.2.